The number of ether oxygens (including phenoxy) is 1. The third-order valence-corrected chi connectivity index (χ3v) is 4.33. The van der Waals surface area contributed by atoms with Crippen molar-refractivity contribution in [3.63, 3.8) is 0 Å². The molecule has 1 fully saturated rings. The molecule has 3 nitrogen and oxygen atoms in total. The number of hydrogen-bond acceptors (Lipinski definition) is 4. The summed E-state index contributed by atoms with van der Waals surface area (Å²) in [6, 6.07) is 2.68. The smallest absolute Gasteiger partial charge is 0.0579 e. The predicted molar refractivity (Wildman–Crippen MR) is 70.5 cm³/mol. The van der Waals surface area contributed by atoms with E-state index in [0.29, 0.717) is 19.3 Å². The molecule has 4 heteroatoms. The highest BCUT2D eigenvalue weighted by atomic mass is 32.1. The maximum Gasteiger partial charge on any atom is 0.0579 e. The topological polar surface area (TPSA) is 32.7 Å². The lowest BCUT2D eigenvalue weighted by Gasteiger charge is -2.43. The van der Waals surface area contributed by atoms with E-state index in [1.54, 1.807) is 11.3 Å². The molecule has 1 aromatic heterocycles. The minimum absolute atomic E-state index is 0.0162. The van der Waals surface area contributed by atoms with Gasteiger partial charge in [0.2, 0.25) is 0 Å². The maximum absolute atomic E-state index is 9.42. The Morgan fingerprint density at radius 3 is 2.82 bits per heavy atom. The summed E-state index contributed by atoms with van der Waals surface area (Å²) in [6.45, 7) is 4.76. The van der Waals surface area contributed by atoms with E-state index in [2.05, 4.69) is 35.7 Å². The molecule has 0 spiro atoms. The SMILES string of the molecule is CC(Cc1ccsc1)N(C)CC1(CO)COC1. The maximum atomic E-state index is 9.42. The van der Waals surface area contributed by atoms with Gasteiger partial charge < -0.3 is 14.7 Å². The van der Waals surface area contributed by atoms with E-state index in [0.717, 1.165) is 13.0 Å². The second-order valence-electron chi connectivity index (χ2n) is 5.25. The normalized spacial score (nSPS) is 20.2. The van der Waals surface area contributed by atoms with E-state index in [1.165, 1.54) is 5.56 Å². The van der Waals surface area contributed by atoms with E-state index in [-0.39, 0.29) is 12.0 Å². The number of aliphatic hydroxyl groups excluding tert-OH is 1. The van der Waals surface area contributed by atoms with Crippen molar-refractivity contribution < 1.29 is 9.84 Å². The molecular formula is C13H21NO2S. The van der Waals surface area contributed by atoms with Crippen LogP contribution in [0.15, 0.2) is 16.8 Å². The van der Waals surface area contributed by atoms with Crippen molar-refractivity contribution in [2.75, 3.05) is 33.4 Å². The van der Waals surface area contributed by atoms with Gasteiger partial charge in [0, 0.05) is 12.6 Å². The molecule has 0 amide bonds. The first-order chi connectivity index (χ1) is 8.15. The van der Waals surface area contributed by atoms with Gasteiger partial charge in [-0.05, 0) is 42.8 Å². The van der Waals surface area contributed by atoms with Crippen LogP contribution in [0.2, 0.25) is 0 Å². The molecule has 1 aliphatic rings. The number of nitrogens with zero attached hydrogens (tertiary/aromatic N) is 1. The van der Waals surface area contributed by atoms with Crippen molar-refractivity contribution >= 4 is 11.3 Å². The Labute approximate surface area is 107 Å². The zero-order chi connectivity index (χ0) is 12.3. The van der Waals surface area contributed by atoms with Crippen LogP contribution >= 0.6 is 11.3 Å². The standard InChI is InChI=1S/C13H21NO2S/c1-11(5-12-3-4-17-6-12)14(2)7-13(8-15)9-16-10-13/h3-4,6,11,15H,5,7-10H2,1-2H3. The molecule has 1 aromatic rings. The van der Waals surface area contributed by atoms with E-state index in [9.17, 15) is 5.11 Å². The van der Waals surface area contributed by atoms with Crippen molar-refractivity contribution in [3.05, 3.63) is 22.4 Å². The Kier molecular flexibility index (Phi) is 4.20. The minimum atomic E-state index is -0.0162. The molecule has 0 radical (unpaired) electrons. The third kappa shape index (κ3) is 3.07. The van der Waals surface area contributed by atoms with Crippen LogP contribution in [0, 0.1) is 5.41 Å². The monoisotopic (exact) mass is 255 g/mol. The second kappa shape index (κ2) is 5.48. The first-order valence-electron chi connectivity index (χ1n) is 6.05. The van der Waals surface area contributed by atoms with Gasteiger partial charge >= 0.3 is 0 Å². The molecule has 1 unspecified atom stereocenters. The fourth-order valence-corrected chi connectivity index (χ4v) is 2.90. The molecule has 0 aliphatic carbocycles. The van der Waals surface area contributed by atoms with Crippen molar-refractivity contribution in [2.24, 2.45) is 5.41 Å². The van der Waals surface area contributed by atoms with Gasteiger partial charge in [0.25, 0.3) is 0 Å². The van der Waals surface area contributed by atoms with Gasteiger partial charge in [-0.1, -0.05) is 0 Å². The Hall–Kier alpha value is -0.420. The average molecular weight is 255 g/mol. The highest BCUT2D eigenvalue weighted by Crippen LogP contribution is 2.28. The third-order valence-electron chi connectivity index (χ3n) is 3.60. The lowest BCUT2D eigenvalue weighted by atomic mass is 9.86. The first-order valence-corrected chi connectivity index (χ1v) is 6.99. The summed E-state index contributed by atoms with van der Waals surface area (Å²) < 4.78 is 5.23. The van der Waals surface area contributed by atoms with Crippen LogP contribution in [0.5, 0.6) is 0 Å². The van der Waals surface area contributed by atoms with Crippen molar-refractivity contribution in [1.82, 2.24) is 4.90 Å². The summed E-state index contributed by atoms with van der Waals surface area (Å²) in [7, 11) is 2.13. The molecule has 1 atom stereocenters. The van der Waals surface area contributed by atoms with Crippen molar-refractivity contribution in [1.29, 1.82) is 0 Å². The minimum Gasteiger partial charge on any atom is -0.396 e. The molecule has 17 heavy (non-hydrogen) atoms. The number of rotatable bonds is 6. The van der Waals surface area contributed by atoms with Gasteiger partial charge in [-0.25, -0.2) is 0 Å². The molecule has 1 N–H and O–H groups in total. The van der Waals surface area contributed by atoms with Crippen LogP contribution in [0.25, 0.3) is 0 Å². The molecule has 2 heterocycles. The van der Waals surface area contributed by atoms with Gasteiger partial charge in [-0.2, -0.15) is 11.3 Å². The van der Waals surface area contributed by atoms with Gasteiger partial charge in [0.1, 0.15) is 0 Å². The molecule has 96 valence electrons. The Balaban J connectivity index is 1.84. The number of thiophene rings is 1. The summed E-state index contributed by atoms with van der Waals surface area (Å²) >= 11 is 1.75. The molecule has 0 saturated carbocycles. The predicted octanol–water partition coefficient (Wildman–Crippen LogP) is 1.62. The van der Waals surface area contributed by atoms with Crippen LogP contribution in [-0.4, -0.2) is 49.5 Å². The molecule has 0 bridgehead atoms. The number of aliphatic hydroxyl groups is 1. The van der Waals surface area contributed by atoms with E-state index in [1.807, 2.05) is 0 Å². The fourth-order valence-electron chi connectivity index (χ4n) is 2.21. The largest absolute Gasteiger partial charge is 0.396 e. The van der Waals surface area contributed by atoms with Crippen LogP contribution in [0.1, 0.15) is 12.5 Å². The first kappa shape index (κ1) is 13.0. The second-order valence-corrected chi connectivity index (χ2v) is 6.03. The highest BCUT2D eigenvalue weighted by molar-refractivity contribution is 7.07. The van der Waals surface area contributed by atoms with Crippen molar-refractivity contribution in [3.8, 4) is 0 Å². The van der Waals surface area contributed by atoms with E-state index >= 15 is 0 Å². The Bertz CT molecular complexity index is 330. The molecule has 1 saturated heterocycles. The molecule has 1 aliphatic heterocycles. The zero-order valence-corrected chi connectivity index (χ0v) is 11.4. The summed E-state index contributed by atoms with van der Waals surface area (Å²) in [4.78, 5) is 2.33. The van der Waals surface area contributed by atoms with Gasteiger partial charge in [0.15, 0.2) is 0 Å². The van der Waals surface area contributed by atoms with Crippen LogP contribution in [0.4, 0.5) is 0 Å². The number of likely N-dealkylation sites (N-methyl/N-ethyl adjacent to an activating group) is 1. The van der Waals surface area contributed by atoms with Crippen molar-refractivity contribution in [2.45, 2.75) is 19.4 Å². The summed E-state index contributed by atoms with van der Waals surface area (Å²) in [6.07, 6.45) is 1.07. The fraction of sp³-hybridized carbons (Fsp3) is 0.692. The summed E-state index contributed by atoms with van der Waals surface area (Å²) in [5.74, 6) is 0. The van der Waals surface area contributed by atoms with Crippen LogP contribution in [0.3, 0.4) is 0 Å². The Morgan fingerprint density at radius 1 is 1.59 bits per heavy atom. The van der Waals surface area contributed by atoms with Gasteiger partial charge in [-0.15, -0.1) is 0 Å². The lowest BCUT2D eigenvalue weighted by molar-refractivity contribution is -0.148. The van der Waals surface area contributed by atoms with Crippen LogP contribution in [-0.2, 0) is 11.2 Å². The quantitative estimate of drug-likeness (QED) is 0.838. The van der Waals surface area contributed by atoms with E-state index in [4.69, 9.17) is 4.74 Å². The molecule has 2 rings (SSSR count). The highest BCUT2D eigenvalue weighted by Gasteiger charge is 2.39. The molecule has 0 aromatic carbocycles. The van der Waals surface area contributed by atoms with Gasteiger partial charge in [0.05, 0.1) is 25.2 Å². The average Bonchev–Trinajstić information content (AvgIpc) is 2.75. The van der Waals surface area contributed by atoms with Gasteiger partial charge in [-0.3, -0.25) is 0 Å². The van der Waals surface area contributed by atoms with Crippen LogP contribution < -0.4 is 0 Å². The zero-order valence-electron chi connectivity index (χ0n) is 10.6. The molecular weight excluding hydrogens is 234 g/mol. The summed E-state index contributed by atoms with van der Waals surface area (Å²) in [5, 5.41) is 13.7. The lowest BCUT2D eigenvalue weighted by Crippen LogP contribution is -2.54. The Morgan fingerprint density at radius 2 is 2.35 bits per heavy atom. The number of hydrogen-bond donors (Lipinski definition) is 1. The van der Waals surface area contributed by atoms with E-state index < -0.39 is 0 Å². The summed E-state index contributed by atoms with van der Waals surface area (Å²) in [5.41, 5.74) is 1.38.